The van der Waals surface area contributed by atoms with Gasteiger partial charge in [0.15, 0.2) is 0 Å². The van der Waals surface area contributed by atoms with E-state index in [0.29, 0.717) is 18.4 Å². The van der Waals surface area contributed by atoms with Gasteiger partial charge in [0.05, 0.1) is 12.1 Å². The molecule has 0 aromatic heterocycles. The summed E-state index contributed by atoms with van der Waals surface area (Å²) in [6, 6.07) is 15.1. The summed E-state index contributed by atoms with van der Waals surface area (Å²) in [7, 11) is 0. The van der Waals surface area contributed by atoms with Crippen molar-refractivity contribution < 1.29 is 23.9 Å². The number of carbonyl (C=O) groups is 3. The lowest BCUT2D eigenvalue weighted by Crippen LogP contribution is -2.47. The van der Waals surface area contributed by atoms with E-state index < -0.39 is 17.5 Å². The average molecular weight is 395 g/mol. The second-order valence-electron chi connectivity index (χ2n) is 7.43. The second-order valence-corrected chi connectivity index (χ2v) is 7.43. The molecule has 1 N–H and O–H groups in total. The molecule has 3 rings (SSSR count). The monoisotopic (exact) mass is 395 g/mol. The summed E-state index contributed by atoms with van der Waals surface area (Å²) in [6.45, 7) is 3.79. The van der Waals surface area contributed by atoms with Crippen molar-refractivity contribution in [1.82, 2.24) is 5.32 Å². The highest BCUT2D eigenvalue weighted by Crippen LogP contribution is 2.29. The maximum atomic E-state index is 12.4. The van der Waals surface area contributed by atoms with Crippen molar-refractivity contribution in [1.29, 1.82) is 0 Å². The van der Waals surface area contributed by atoms with E-state index in [9.17, 15) is 14.4 Å². The molecule has 0 radical (unpaired) electrons. The highest BCUT2D eigenvalue weighted by molar-refractivity contribution is 5.96. The predicted molar refractivity (Wildman–Crippen MR) is 107 cm³/mol. The fraction of sp³-hybridized carbons (Fsp3) is 0.348. The van der Waals surface area contributed by atoms with Gasteiger partial charge in [-0.15, -0.1) is 0 Å². The number of carbonyl (C=O) groups excluding carboxylic acids is 3. The molecule has 29 heavy (non-hydrogen) atoms. The van der Waals surface area contributed by atoms with Gasteiger partial charge in [-0.25, -0.2) is 9.59 Å². The fourth-order valence-corrected chi connectivity index (χ4v) is 3.23. The minimum absolute atomic E-state index is 0.0178. The molecule has 6 nitrogen and oxygen atoms in total. The van der Waals surface area contributed by atoms with Gasteiger partial charge in [0, 0.05) is 12.8 Å². The van der Waals surface area contributed by atoms with Crippen LogP contribution in [0.25, 0.3) is 0 Å². The number of benzene rings is 2. The maximum Gasteiger partial charge on any atom is 0.350 e. The Labute approximate surface area is 170 Å². The van der Waals surface area contributed by atoms with Gasteiger partial charge in [0.25, 0.3) is 0 Å². The molecule has 0 bridgehead atoms. The Morgan fingerprint density at radius 1 is 1.14 bits per heavy atom. The molecule has 0 saturated carbocycles. The zero-order valence-electron chi connectivity index (χ0n) is 16.7. The minimum atomic E-state index is -1.36. The van der Waals surface area contributed by atoms with Crippen LogP contribution in [0.15, 0.2) is 48.5 Å². The molecule has 0 saturated heterocycles. The molecule has 2 aromatic rings. The molecule has 0 fully saturated rings. The first kappa shape index (κ1) is 20.6. The minimum Gasteiger partial charge on any atom is -0.461 e. The number of esters is 2. The quantitative estimate of drug-likeness (QED) is 0.576. The number of amides is 1. The molecule has 1 aliphatic heterocycles. The van der Waals surface area contributed by atoms with Crippen LogP contribution in [-0.2, 0) is 31.9 Å². The van der Waals surface area contributed by atoms with Crippen LogP contribution in [0.2, 0.25) is 0 Å². The molecule has 1 heterocycles. The zero-order valence-corrected chi connectivity index (χ0v) is 16.7. The van der Waals surface area contributed by atoms with Gasteiger partial charge in [-0.1, -0.05) is 48.0 Å². The fourth-order valence-electron chi connectivity index (χ4n) is 3.23. The molecular weight excluding hydrogens is 370 g/mol. The van der Waals surface area contributed by atoms with E-state index in [0.717, 1.165) is 11.1 Å². The molecule has 1 atom stereocenters. The molecular formula is C23H25NO5. The topological polar surface area (TPSA) is 81.7 Å². The predicted octanol–water partition coefficient (Wildman–Crippen LogP) is 2.76. The van der Waals surface area contributed by atoms with Crippen LogP contribution in [0.4, 0.5) is 0 Å². The highest BCUT2D eigenvalue weighted by atomic mass is 16.6. The van der Waals surface area contributed by atoms with Crippen LogP contribution in [0.5, 0.6) is 0 Å². The molecule has 1 unspecified atom stereocenters. The van der Waals surface area contributed by atoms with Gasteiger partial charge in [0.1, 0.15) is 6.61 Å². The van der Waals surface area contributed by atoms with E-state index in [1.54, 1.807) is 25.1 Å². The summed E-state index contributed by atoms with van der Waals surface area (Å²) >= 11 is 0. The van der Waals surface area contributed by atoms with Gasteiger partial charge in [0.2, 0.25) is 11.5 Å². The molecule has 152 valence electrons. The van der Waals surface area contributed by atoms with Gasteiger partial charge in [-0.3, -0.25) is 4.79 Å². The number of hydrogen-bond acceptors (Lipinski definition) is 5. The number of hydrogen-bond donors (Lipinski definition) is 1. The van der Waals surface area contributed by atoms with Crippen LogP contribution < -0.4 is 5.32 Å². The lowest BCUT2D eigenvalue weighted by Gasteiger charge is -2.32. The van der Waals surface area contributed by atoms with Crippen molar-refractivity contribution in [3.63, 3.8) is 0 Å². The first-order chi connectivity index (χ1) is 13.9. The van der Waals surface area contributed by atoms with Crippen molar-refractivity contribution in [2.75, 3.05) is 13.2 Å². The van der Waals surface area contributed by atoms with Gasteiger partial charge >= 0.3 is 11.9 Å². The van der Waals surface area contributed by atoms with Crippen molar-refractivity contribution in [3.05, 3.63) is 70.8 Å². The number of rotatable bonds is 7. The Hall–Kier alpha value is -3.15. The lowest BCUT2D eigenvalue weighted by molar-refractivity contribution is -0.165. The largest absolute Gasteiger partial charge is 0.461 e. The van der Waals surface area contributed by atoms with Crippen LogP contribution in [-0.4, -0.2) is 36.6 Å². The Morgan fingerprint density at radius 3 is 2.62 bits per heavy atom. The van der Waals surface area contributed by atoms with Gasteiger partial charge in [-0.2, -0.15) is 0 Å². The third-order valence-electron chi connectivity index (χ3n) is 4.93. The van der Waals surface area contributed by atoms with Crippen molar-refractivity contribution in [2.24, 2.45) is 0 Å². The summed E-state index contributed by atoms with van der Waals surface area (Å²) in [5.41, 5.74) is 2.15. The van der Waals surface area contributed by atoms with Gasteiger partial charge in [-0.05, 0) is 37.5 Å². The maximum absolute atomic E-state index is 12.4. The van der Waals surface area contributed by atoms with Crippen LogP contribution >= 0.6 is 0 Å². The van der Waals surface area contributed by atoms with Crippen LogP contribution in [0, 0.1) is 6.92 Å². The van der Waals surface area contributed by atoms with E-state index in [1.807, 2.05) is 37.3 Å². The van der Waals surface area contributed by atoms with E-state index >= 15 is 0 Å². The average Bonchev–Trinajstić information content (AvgIpc) is 2.70. The molecule has 0 spiro atoms. The van der Waals surface area contributed by atoms with Gasteiger partial charge < -0.3 is 14.8 Å². The number of cyclic esters (lactones) is 1. The smallest absolute Gasteiger partial charge is 0.350 e. The lowest BCUT2D eigenvalue weighted by atomic mass is 9.90. The molecule has 1 aliphatic rings. The standard InChI is InChI=1S/C23H25NO5/c1-16-7-9-17(10-8-16)11-12-20(25)24-13-14-28-22(27)23(2)15-18-5-3-4-6-19(18)21(26)29-23/h3-10H,11-15H2,1-2H3,(H,24,25). The van der Waals surface area contributed by atoms with E-state index in [4.69, 9.17) is 9.47 Å². The third-order valence-corrected chi connectivity index (χ3v) is 4.93. The summed E-state index contributed by atoms with van der Waals surface area (Å²) < 4.78 is 10.6. The second kappa shape index (κ2) is 8.90. The molecule has 1 amide bonds. The van der Waals surface area contributed by atoms with Crippen LogP contribution in [0.3, 0.4) is 0 Å². The number of nitrogens with one attached hydrogen (secondary N) is 1. The van der Waals surface area contributed by atoms with E-state index in [1.165, 1.54) is 5.56 Å². The summed E-state index contributed by atoms with van der Waals surface area (Å²) in [4.78, 5) is 36.5. The number of fused-ring (bicyclic) bond motifs is 1. The summed E-state index contributed by atoms with van der Waals surface area (Å²) in [5, 5.41) is 2.74. The van der Waals surface area contributed by atoms with Crippen molar-refractivity contribution in [2.45, 2.75) is 38.7 Å². The van der Waals surface area contributed by atoms with E-state index in [-0.39, 0.29) is 25.5 Å². The molecule has 2 aromatic carbocycles. The summed E-state index contributed by atoms with van der Waals surface area (Å²) in [6.07, 6.45) is 1.28. The first-order valence-electron chi connectivity index (χ1n) is 9.68. The first-order valence-corrected chi connectivity index (χ1v) is 9.68. The van der Waals surface area contributed by atoms with E-state index in [2.05, 4.69) is 5.32 Å². The molecule has 0 aliphatic carbocycles. The SMILES string of the molecule is Cc1ccc(CCC(=O)NCCOC(=O)C2(C)Cc3ccccc3C(=O)O2)cc1. The molecule has 6 heteroatoms. The third kappa shape index (κ3) is 5.22. The summed E-state index contributed by atoms with van der Waals surface area (Å²) in [5.74, 6) is -1.25. The van der Waals surface area contributed by atoms with Crippen LogP contribution in [0.1, 0.15) is 40.4 Å². The zero-order chi connectivity index (χ0) is 20.9. The normalized spacial score (nSPS) is 17.8. The number of ether oxygens (including phenoxy) is 2. The van der Waals surface area contributed by atoms with Crippen molar-refractivity contribution >= 4 is 17.8 Å². The highest BCUT2D eigenvalue weighted by Gasteiger charge is 2.43. The Morgan fingerprint density at radius 2 is 1.86 bits per heavy atom. The Kier molecular flexibility index (Phi) is 6.32. The Bertz CT molecular complexity index is 906. The van der Waals surface area contributed by atoms with Crippen molar-refractivity contribution in [3.8, 4) is 0 Å². The number of aryl methyl sites for hydroxylation is 2. The Balaban J connectivity index is 1.41.